The second-order valence-corrected chi connectivity index (χ2v) is 5.17. The molecule has 0 radical (unpaired) electrons. The largest absolute Gasteiger partial charge is 0.493 e. The van der Waals surface area contributed by atoms with E-state index in [1.807, 2.05) is 31.2 Å². The zero-order chi connectivity index (χ0) is 13.7. The van der Waals surface area contributed by atoms with Crippen molar-refractivity contribution in [2.24, 2.45) is 5.41 Å². The lowest BCUT2D eigenvalue weighted by Gasteiger charge is -2.35. The summed E-state index contributed by atoms with van der Waals surface area (Å²) in [7, 11) is 0. The second kappa shape index (κ2) is 6.20. The molecule has 3 nitrogen and oxygen atoms in total. The van der Waals surface area contributed by atoms with Gasteiger partial charge in [-0.3, -0.25) is 4.79 Å². The molecule has 1 aromatic carbocycles. The molecule has 0 amide bonds. The van der Waals surface area contributed by atoms with Crippen LogP contribution in [0, 0.1) is 5.41 Å². The van der Waals surface area contributed by atoms with Crippen LogP contribution in [0.1, 0.15) is 43.5 Å². The highest BCUT2D eigenvalue weighted by Crippen LogP contribution is 2.36. The van der Waals surface area contributed by atoms with Crippen LogP contribution in [-0.2, 0) is 0 Å². The minimum atomic E-state index is -0.258. The Hall–Kier alpha value is -1.35. The predicted octanol–water partition coefficient (Wildman–Crippen LogP) is 3.05. The number of carbonyl (C=O) groups is 1. The molecule has 0 aliphatic carbocycles. The van der Waals surface area contributed by atoms with Gasteiger partial charge in [-0.25, -0.2) is 0 Å². The molecule has 0 saturated carbocycles. The first kappa shape index (κ1) is 14.1. The summed E-state index contributed by atoms with van der Waals surface area (Å²) in [6.07, 6.45) is 2.91. The third-order valence-electron chi connectivity index (χ3n) is 4.06. The highest BCUT2D eigenvalue weighted by molar-refractivity contribution is 6.03. The lowest BCUT2D eigenvalue weighted by molar-refractivity contribution is 0.0726. The molecule has 1 heterocycles. The van der Waals surface area contributed by atoms with Gasteiger partial charge in [0.2, 0.25) is 0 Å². The highest BCUT2D eigenvalue weighted by atomic mass is 16.5. The minimum absolute atomic E-state index is 0.228. The molecule has 1 aliphatic rings. The van der Waals surface area contributed by atoms with Gasteiger partial charge in [-0.05, 0) is 44.9 Å². The summed E-state index contributed by atoms with van der Waals surface area (Å²) in [4.78, 5) is 12.9. The summed E-state index contributed by atoms with van der Waals surface area (Å²) < 4.78 is 5.60. The number of ketones is 1. The SMILES string of the molecule is CCOc1ccccc1C(=O)C1(CC)CCCNC1. The van der Waals surface area contributed by atoms with Crippen LogP contribution in [0.5, 0.6) is 5.75 Å². The fourth-order valence-electron chi connectivity index (χ4n) is 2.85. The van der Waals surface area contributed by atoms with Crippen LogP contribution in [0.4, 0.5) is 0 Å². The second-order valence-electron chi connectivity index (χ2n) is 5.17. The van der Waals surface area contributed by atoms with Gasteiger partial charge in [0.25, 0.3) is 0 Å². The van der Waals surface area contributed by atoms with Crippen molar-refractivity contribution in [1.29, 1.82) is 0 Å². The van der Waals surface area contributed by atoms with Crippen molar-refractivity contribution in [2.45, 2.75) is 33.1 Å². The molecule has 1 N–H and O–H groups in total. The van der Waals surface area contributed by atoms with E-state index in [0.29, 0.717) is 12.4 Å². The fraction of sp³-hybridized carbons (Fsp3) is 0.562. The Morgan fingerprint density at radius 1 is 1.37 bits per heavy atom. The molecule has 1 fully saturated rings. The molecule has 1 aliphatic heterocycles. The molecule has 104 valence electrons. The molecule has 1 unspecified atom stereocenters. The van der Waals surface area contributed by atoms with Crippen LogP contribution in [0.15, 0.2) is 24.3 Å². The smallest absolute Gasteiger partial charge is 0.173 e. The number of Topliss-reactive ketones (excluding diaryl/α,β-unsaturated/α-hetero) is 1. The molecule has 0 bridgehead atoms. The van der Waals surface area contributed by atoms with Crippen molar-refractivity contribution < 1.29 is 9.53 Å². The Morgan fingerprint density at radius 3 is 2.79 bits per heavy atom. The zero-order valence-electron chi connectivity index (χ0n) is 11.9. The molecule has 1 aromatic rings. The molecule has 0 aromatic heterocycles. The Labute approximate surface area is 115 Å². The molecule has 1 saturated heterocycles. The number of hydrogen-bond donors (Lipinski definition) is 1. The first-order valence-electron chi connectivity index (χ1n) is 7.21. The van der Waals surface area contributed by atoms with Gasteiger partial charge in [0.05, 0.1) is 12.2 Å². The van der Waals surface area contributed by atoms with E-state index in [1.54, 1.807) is 0 Å². The molecule has 0 spiro atoms. The molecule has 19 heavy (non-hydrogen) atoms. The maximum atomic E-state index is 12.9. The maximum Gasteiger partial charge on any atom is 0.173 e. The Bertz CT molecular complexity index is 436. The van der Waals surface area contributed by atoms with Gasteiger partial charge >= 0.3 is 0 Å². The van der Waals surface area contributed by atoms with Gasteiger partial charge in [-0.15, -0.1) is 0 Å². The molecular weight excluding hydrogens is 238 g/mol. The lowest BCUT2D eigenvalue weighted by Crippen LogP contribution is -2.45. The number of benzene rings is 1. The van der Waals surface area contributed by atoms with E-state index in [1.165, 1.54) is 0 Å². The summed E-state index contributed by atoms with van der Waals surface area (Å²) in [6.45, 7) is 6.43. The lowest BCUT2D eigenvalue weighted by atomic mass is 9.72. The van der Waals surface area contributed by atoms with Gasteiger partial charge in [0.15, 0.2) is 5.78 Å². The van der Waals surface area contributed by atoms with Crippen LogP contribution in [-0.4, -0.2) is 25.5 Å². The summed E-state index contributed by atoms with van der Waals surface area (Å²) in [6, 6.07) is 7.60. The van der Waals surface area contributed by atoms with Gasteiger partial charge in [-0.2, -0.15) is 0 Å². The number of hydrogen-bond acceptors (Lipinski definition) is 3. The topological polar surface area (TPSA) is 38.3 Å². The van der Waals surface area contributed by atoms with Crippen molar-refractivity contribution in [3.8, 4) is 5.75 Å². The van der Waals surface area contributed by atoms with Crippen molar-refractivity contribution >= 4 is 5.78 Å². The van der Waals surface area contributed by atoms with Gasteiger partial charge in [0, 0.05) is 12.0 Å². The fourth-order valence-corrected chi connectivity index (χ4v) is 2.85. The number of para-hydroxylation sites is 1. The number of nitrogens with one attached hydrogen (secondary N) is 1. The van der Waals surface area contributed by atoms with E-state index in [4.69, 9.17) is 4.74 Å². The molecular formula is C16H23NO2. The highest BCUT2D eigenvalue weighted by Gasteiger charge is 2.39. The number of rotatable bonds is 5. The Morgan fingerprint density at radius 2 is 2.16 bits per heavy atom. The third kappa shape index (κ3) is 2.81. The van der Waals surface area contributed by atoms with Crippen molar-refractivity contribution in [3.05, 3.63) is 29.8 Å². The third-order valence-corrected chi connectivity index (χ3v) is 4.06. The Balaban J connectivity index is 2.31. The van der Waals surface area contributed by atoms with Crippen LogP contribution in [0.25, 0.3) is 0 Å². The standard InChI is InChI=1S/C16H23NO2/c1-3-16(10-7-11-17-12-16)15(18)13-8-5-6-9-14(13)19-4-2/h5-6,8-9,17H,3-4,7,10-12H2,1-2H3. The summed E-state index contributed by atoms with van der Waals surface area (Å²) in [5.41, 5.74) is 0.473. The van der Waals surface area contributed by atoms with Gasteiger partial charge in [0.1, 0.15) is 5.75 Å². The van der Waals surface area contributed by atoms with Crippen LogP contribution in [0.3, 0.4) is 0 Å². The van der Waals surface area contributed by atoms with Gasteiger partial charge < -0.3 is 10.1 Å². The normalized spacial score (nSPS) is 23.1. The first-order valence-corrected chi connectivity index (χ1v) is 7.21. The first-order chi connectivity index (χ1) is 9.23. The van der Waals surface area contributed by atoms with E-state index < -0.39 is 0 Å². The number of carbonyl (C=O) groups excluding carboxylic acids is 1. The van der Waals surface area contributed by atoms with Crippen LogP contribution < -0.4 is 10.1 Å². The molecule has 2 rings (SSSR count). The zero-order valence-corrected chi connectivity index (χ0v) is 11.9. The van der Waals surface area contributed by atoms with E-state index in [-0.39, 0.29) is 11.2 Å². The average molecular weight is 261 g/mol. The predicted molar refractivity (Wildman–Crippen MR) is 76.8 cm³/mol. The van der Waals surface area contributed by atoms with E-state index >= 15 is 0 Å². The van der Waals surface area contributed by atoms with Crippen molar-refractivity contribution in [1.82, 2.24) is 5.32 Å². The van der Waals surface area contributed by atoms with Crippen molar-refractivity contribution in [2.75, 3.05) is 19.7 Å². The quantitative estimate of drug-likeness (QED) is 0.828. The van der Waals surface area contributed by atoms with Crippen LogP contribution in [0.2, 0.25) is 0 Å². The Kier molecular flexibility index (Phi) is 4.59. The number of piperidine rings is 1. The number of ether oxygens (including phenoxy) is 1. The maximum absolute atomic E-state index is 12.9. The van der Waals surface area contributed by atoms with E-state index in [9.17, 15) is 4.79 Å². The van der Waals surface area contributed by atoms with Gasteiger partial charge in [-0.1, -0.05) is 19.1 Å². The summed E-state index contributed by atoms with van der Waals surface area (Å²) in [5, 5.41) is 3.37. The minimum Gasteiger partial charge on any atom is -0.493 e. The molecule has 1 atom stereocenters. The summed E-state index contributed by atoms with van der Waals surface area (Å²) in [5.74, 6) is 0.944. The summed E-state index contributed by atoms with van der Waals surface area (Å²) >= 11 is 0. The monoisotopic (exact) mass is 261 g/mol. The average Bonchev–Trinajstić information content (AvgIpc) is 2.48. The van der Waals surface area contributed by atoms with E-state index in [0.717, 1.165) is 37.9 Å². The van der Waals surface area contributed by atoms with Crippen LogP contribution >= 0.6 is 0 Å². The molecule has 3 heteroatoms. The van der Waals surface area contributed by atoms with E-state index in [2.05, 4.69) is 12.2 Å². The van der Waals surface area contributed by atoms with Crippen molar-refractivity contribution in [3.63, 3.8) is 0 Å².